The first-order valence-electron chi connectivity index (χ1n) is 17.3. The molecule has 3 nitrogen and oxygen atoms in total. The Bertz CT molecular complexity index is 2260. The SMILES string of the molecule is CC1(C)c2cccc3c2N2c4c1cccc4C(C)(C)c1cc(N(c4ccc(C#N)cc4)c4ccc(-c5ccccc5)cc4)cc(c12)C3(C)C. The molecule has 238 valence electrons. The van der Waals surface area contributed by atoms with Gasteiger partial charge in [0.2, 0.25) is 0 Å². The van der Waals surface area contributed by atoms with Gasteiger partial charge in [-0.1, -0.05) is 120 Å². The van der Waals surface area contributed by atoms with Crippen LogP contribution in [-0.4, -0.2) is 0 Å². The molecule has 0 atom stereocenters. The maximum atomic E-state index is 9.63. The summed E-state index contributed by atoms with van der Waals surface area (Å²) in [7, 11) is 0. The van der Waals surface area contributed by atoms with Gasteiger partial charge in [0, 0.05) is 33.3 Å². The van der Waals surface area contributed by atoms with E-state index in [9.17, 15) is 5.26 Å². The monoisotopic (exact) mass is 633 g/mol. The van der Waals surface area contributed by atoms with Crippen molar-refractivity contribution in [2.75, 3.05) is 9.80 Å². The number of rotatable bonds is 4. The van der Waals surface area contributed by atoms with E-state index >= 15 is 0 Å². The van der Waals surface area contributed by atoms with Crippen molar-refractivity contribution in [1.82, 2.24) is 0 Å². The molecule has 0 amide bonds. The van der Waals surface area contributed by atoms with Gasteiger partial charge in [-0.15, -0.1) is 0 Å². The summed E-state index contributed by atoms with van der Waals surface area (Å²) in [6, 6.07) is 48.4. The molecule has 3 heterocycles. The number of benzene rings is 6. The third kappa shape index (κ3) is 3.95. The first-order chi connectivity index (χ1) is 23.5. The van der Waals surface area contributed by atoms with Gasteiger partial charge in [-0.3, -0.25) is 0 Å². The number of anilines is 6. The summed E-state index contributed by atoms with van der Waals surface area (Å²) in [5.74, 6) is 0. The van der Waals surface area contributed by atoms with Crippen molar-refractivity contribution in [3.8, 4) is 17.2 Å². The van der Waals surface area contributed by atoms with Crippen LogP contribution in [0.2, 0.25) is 0 Å². The van der Waals surface area contributed by atoms with Crippen LogP contribution in [-0.2, 0) is 16.2 Å². The fourth-order valence-electron chi connectivity index (χ4n) is 8.86. The van der Waals surface area contributed by atoms with E-state index in [2.05, 4.69) is 173 Å². The summed E-state index contributed by atoms with van der Waals surface area (Å²) < 4.78 is 0. The van der Waals surface area contributed by atoms with Crippen molar-refractivity contribution in [3.05, 3.63) is 166 Å². The molecule has 6 aromatic rings. The summed E-state index contributed by atoms with van der Waals surface area (Å²) in [5.41, 5.74) is 17.8. The van der Waals surface area contributed by atoms with Gasteiger partial charge in [-0.05, 0) is 93.0 Å². The minimum absolute atomic E-state index is 0.118. The van der Waals surface area contributed by atoms with Crippen molar-refractivity contribution in [1.29, 1.82) is 5.26 Å². The molecule has 0 aliphatic carbocycles. The molecule has 3 aliphatic heterocycles. The molecule has 3 heteroatoms. The van der Waals surface area contributed by atoms with E-state index in [1.165, 1.54) is 61.6 Å². The van der Waals surface area contributed by atoms with Gasteiger partial charge in [0.15, 0.2) is 0 Å². The molecule has 0 N–H and O–H groups in total. The summed E-state index contributed by atoms with van der Waals surface area (Å²) in [5, 5.41) is 9.63. The maximum absolute atomic E-state index is 9.63. The molecule has 3 aliphatic rings. The average Bonchev–Trinajstić information content (AvgIpc) is 3.12. The van der Waals surface area contributed by atoms with Crippen LogP contribution in [0.5, 0.6) is 0 Å². The largest absolute Gasteiger partial charge is 0.310 e. The highest BCUT2D eigenvalue weighted by Gasteiger charge is 2.51. The van der Waals surface area contributed by atoms with Gasteiger partial charge in [0.1, 0.15) is 0 Å². The molecule has 0 fully saturated rings. The topological polar surface area (TPSA) is 30.3 Å². The normalized spacial score (nSPS) is 16.4. The van der Waals surface area contributed by atoms with Crippen LogP contribution >= 0.6 is 0 Å². The number of nitriles is 1. The predicted molar refractivity (Wildman–Crippen MR) is 202 cm³/mol. The van der Waals surface area contributed by atoms with E-state index < -0.39 is 0 Å². The van der Waals surface area contributed by atoms with Gasteiger partial charge >= 0.3 is 0 Å². The minimum Gasteiger partial charge on any atom is -0.310 e. The van der Waals surface area contributed by atoms with Crippen LogP contribution in [0.25, 0.3) is 11.1 Å². The molecular formula is C46H39N3. The maximum Gasteiger partial charge on any atom is 0.0991 e. The van der Waals surface area contributed by atoms with Gasteiger partial charge in [0.05, 0.1) is 28.7 Å². The number of nitrogens with zero attached hydrogens (tertiary/aromatic N) is 3. The molecule has 0 aromatic heterocycles. The van der Waals surface area contributed by atoms with E-state index in [1.807, 2.05) is 12.1 Å². The Kier molecular flexibility index (Phi) is 6.01. The lowest BCUT2D eigenvalue weighted by atomic mass is 9.61. The van der Waals surface area contributed by atoms with E-state index in [0.717, 1.165) is 17.1 Å². The van der Waals surface area contributed by atoms with Crippen LogP contribution in [0.3, 0.4) is 0 Å². The highest BCUT2D eigenvalue weighted by Crippen LogP contribution is 2.66. The lowest BCUT2D eigenvalue weighted by Gasteiger charge is -2.55. The van der Waals surface area contributed by atoms with Crippen molar-refractivity contribution in [3.63, 3.8) is 0 Å². The molecule has 0 radical (unpaired) electrons. The molecule has 0 saturated carbocycles. The molecular weight excluding hydrogens is 595 g/mol. The third-order valence-electron chi connectivity index (χ3n) is 11.6. The van der Waals surface area contributed by atoms with Crippen molar-refractivity contribution < 1.29 is 0 Å². The first kappa shape index (κ1) is 29.5. The third-order valence-corrected chi connectivity index (χ3v) is 11.6. The molecule has 0 saturated heterocycles. The number of hydrogen-bond acceptors (Lipinski definition) is 3. The Balaban J connectivity index is 1.32. The molecule has 0 unspecified atom stereocenters. The Labute approximate surface area is 289 Å². The second-order valence-corrected chi connectivity index (χ2v) is 15.4. The minimum atomic E-state index is -0.245. The second kappa shape index (κ2) is 9.97. The summed E-state index contributed by atoms with van der Waals surface area (Å²) in [6.45, 7) is 14.4. The lowest BCUT2D eigenvalue weighted by Crippen LogP contribution is -2.43. The summed E-state index contributed by atoms with van der Waals surface area (Å²) >= 11 is 0. The van der Waals surface area contributed by atoms with Gasteiger partial charge in [0.25, 0.3) is 0 Å². The Morgan fingerprint density at radius 1 is 0.449 bits per heavy atom. The summed E-state index contributed by atoms with van der Waals surface area (Å²) in [4.78, 5) is 4.97. The second-order valence-electron chi connectivity index (χ2n) is 15.4. The van der Waals surface area contributed by atoms with Crippen LogP contribution in [0.4, 0.5) is 34.1 Å². The molecule has 0 spiro atoms. The van der Waals surface area contributed by atoms with Gasteiger partial charge in [-0.2, -0.15) is 5.26 Å². The van der Waals surface area contributed by atoms with E-state index in [-0.39, 0.29) is 16.2 Å². The fraction of sp³-hybridized carbons (Fsp3) is 0.196. The van der Waals surface area contributed by atoms with Gasteiger partial charge < -0.3 is 9.80 Å². The molecule has 0 bridgehead atoms. The summed E-state index contributed by atoms with van der Waals surface area (Å²) in [6.07, 6.45) is 0. The Morgan fingerprint density at radius 2 is 0.857 bits per heavy atom. The number of para-hydroxylation sites is 2. The Morgan fingerprint density at radius 3 is 1.33 bits per heavy atom. The van der Waals surface area contributed by atoms with Crippen molar-refractivity contribution in [2.45, 2.75) is 57.8 Å². The zero-order valence-electron chi connectivity index (χ0n) is 29.0. The van der Waals surface area contributed by atoms with Crippen LogP contribution in [0.15, 0.2) is 127 Å². The van der Waals surface area contributed by atoms with Crippen molar-refractivity contribution in [2.24, 2.45) is 0 Å². The smallest absolute Gasteiger partial charge is 0.0991 e. The van der Waals surface area contributed by atoms with Crippen molar-refractivity contribution >= 4 is 34.1 Å². The Hall–Kier alpha value is -5.59. The van der Waals surface area contributed by atoms with E-state index in [1.54, 1.807) is 0 Å². The molecule has 49 heavy (non-hydrogen) atoms. The first-order valence-corrected chi connectivity index (χ1v) is 17.3. The fourth-order valence-corrected chi connectivity index (χ4v) is 8.86. The zero-order valence-corrected chi connectivity index (χ0v) is 29.0. The molecule has 9 rings (SSSR count). The molecule has 6 aromatic carbocycles. The number of hydrogen-bond donors (Lipinski definition) is 0. The lowest BCUT2D eigenvalue weighted by molar-refractivity contribution is 0.566. The van der Waals surface area contributed by atoms with Crippen LogP contribution < -0.4 is 9.80 Å². The van der Waals surface area contributed by atoms with Gasteiger partial charge in [-0.25, -0.2) is 0 Å². The highest BCUT2D eigenvalue weighted by atomic mass is 15.2. The highest BCUT2D eigenvalue weighted by molar-refractivity contribution is 5.99. The quantitative estimate of drug-likeness (QED) is 0.193. The van der Waals surface area contributed by atoms with E-state index in [4.69, 9.17) is 0 Å². The average molecular weight is 634 g/mol. The standard InChI is InChI=1S/C46H39N3/c1-44(2)35-14-10-16-37-41(35)49-42-36(44)15-11-17-38(42)46(5,6)40-27-34(26-39(43(40)49)45(37,3)4)48(32-22-18-29(28-47)19-23-32)33-24-20-31(21-25-33)30-12-8-7-9-13-30/h7-27H,1-6H3. The predicted octanol–water partition coefficient (Wildman–Crippen LogP) is 12.1. The zero-order chi connectivity index (χ0) is 33.9. The van der Waals surface area contributed by atoms with E-state index in [0.29, 0.717) is 5.56 Å². The van der Waals surface area contributed by atoms with Crippen LogP contribution in [0, 0.1) is 11.3 Å². The van der Waals surface area contributed by atoms with Crippen LogP contribution in [0.1, 0.15) is 80.5 Å².